The van der Waals surface area contributed by atoms with Crippen molar-refractivity contribution in [1.82, 2.24) is 9.03 Å². The van der Waals surface area contributed by atoms with Gasteiger partial charge in [0.2, 0.25) is 0 Å². The quantitative estimate of drug-likeness (QED) is 0.774. The summed E-state index contributed by atoms with van der Waals surface area (Å²) in [4.78, 5) is 11.8. The lowest BCUT2D eigenvalue weighted by Crippen LogP contribution is -2.50. The topological polar surface area (TPSA) is 75.7 Å². The fraction of sp³-hybridized carbons (Fsp3) is 0.923. The molecule has 0 aromatic heterocycles. The number of carbonyl (C=O) groups is 1. The largest absolute Gasteiger partial charge is 0.465 e. The van der Waals surface area contributed by atoms with Crippen LogP contribution in [0.1, 0.15) is 51.9 Å². The standard InChI is InChI=1S/C13H24N2O4S/c1-2-19-13(16)12-9-6-10-15(12)20(17,18)14-11-7-4-3-5-8-11/h11-12,14H,2-10H2,1H3. The second-order valence-electron chi connectivity index (χ2n) is 5.48. The maximum atomic E-state index is 12.4. The van der Waals surface area contributed by atoms with E-state index in [-0.39, 0.29) is 12.6 Å². The molecule has 1 saturated heterocycles. The maximum Gasteiger partial charge on any atom is 0.324 e. The third-order valence-electron chi connectivity index (χ3n) is 3.99. The first-order valence-corrected chi connectivity index (χ1v) is 8.94. The van der Waals surface area contributed by atoms with Crippen LogP contribution in [0.4, 0.5) is 0 Å². The van der Waals surface area contributed by atoms with Gasteiger partial charge >= 0.3 is 5.97 Å². The summed E-state index contributed by atoms with van der Waals surface area (Å²) < 4.78 is 33.9. The molecule has 0 aromatic rings. The van der Waals surface area contributed by atoms with Gasteiger partial charge in [0, 0.05) is 12.6 Å². The summed E-state index contributed by atoms with van der Waals surface area (Å²) >= 11 is 0. The number of nitrogens with one attached hydrogen (secondary N) is 1. The van der Waals surface area contributed by atoms with E-state index in [4.69, 9.17) is 4.74 Å². The Morgan fingerprint density at radius 1 is 1.20 bits per heavy atom. The molecule has 2 rings (SSSR count). The van der Waals surface area contributed by atoms with E-state index >= 15 is 0 Å². The Bertz CT molecular complexity index is 432. The van der Waals surface area contributed by atoms with E-state index in [2.05, 4.69) is 4.72 Å². The second-order valence-corrected chi connectivity index (χ2v) is 7.13. The minimum Gasteiger partial charge on any atom is -0.465 e. The third-order valence-corrected chi connectivity index (χ3v) is 5.68. The van der Waals surface area contributed by atoms with Crippen molar-refractivity contribution < 1.29 is 17.9 Å². The van der Waals surface area contributed by atoms with Crippen molar-refractivity contribution in [2.45, 2.75) is 64.0 Å². The zero-order valence-electron chi connectivity index (χ0n) is 12.0. The average Bonchev–Trinajstić information content (AvgIpc) is 2.90. The van der Waals surface area contributed by atoms with Crippen LogP contribution in [0.5, 0.6) is 0 Å². The summed E-state index contributed by atoms with van der Waals surface area (Å²) in [5, 5.41) is 0. The smallest absolute Gasteiger partial charge is 0.324 e. The van der Waals surface area contributed by atoms with Crippen molar-refractivity contribution in [3.63, 3.8) is 0 Å². The monoisotopic (exact) mass is 304 g/mol. The van der Waals surface area contributed by atoms with Crippen LogP contribution >= 0.6 is 0 Å². The molecule has 1 heterocycles. The van der Waals surface area contributed by atoms with Crippen LogP contribution in [0, 0.1) is 0 Å². The second kappa shape index (κ2) is 6.87. The molecule has 2 aliphatic rings. The van der Waals surface area contributed by atoms with Gasteiger partial charge < -0.3 is 4.74 Å². The van der Waals surface area contributed by atoms with Crippen LogP contribution in [-0.4, -0.2) is 43.9 Å². The van der Waals surface area contributed by atoms with Gasteiger partial charge in [-0.15, -0.1) is 0 Å². The molecule has 6 nitrogen and oxygen atoms in total. The first-order valence-electron chi connectivity index (χ1n) is 7.50. The number of rotatable bonds is 5. The van der Waals surface area contributed by atoms with Crippen LogP contribution in [-0.2, 0) is 19.7 Å². The molecule has 2 fully saturated rings. The minimum atomic E-state index is -3.59. The highest BCUT2D eigenvalue weighted by Crippen LogP contribution is 2.24. The fourth-order valence-electron chi connectivity index (χ4n) is 3.00. The Labute approximate surface area is 121 Å². The van der Waals surface area contributed by atoms with Gasteiger partial charge in [0.05, 0.1) is 6.61 Å². The Morgan fingerprint density at radius 2 is 1.90 bits per heavy atom. The van der Waals surface area contributed by atoms with Gasteiger partial charge in [-0.3, -0.25) is 4.79 Å². The van der Waals surface area contributed by atoms with Crippen molar-refractivity contribution in [2.24, 2.45) is 0 Å². The van der Waals surface area contributed by atoms with Gasteiger partial charge in [0.25, 0.3) is 10.2 Å². The first kappa shape index (κ1) is 15.7. The molecule has 0 bridgehead atoms. The summed E-state index contributed by atoms with van der Waals surface area (Å²) in [5.41, 5.74) is 0. The average molecular weight is 304 g/mol. The SMILES string of the molecule is CCOC(=O)C1CCCN1S(=O)(=O)NC1CCCCC1. The minimum absolute atomic E-state index is 0.0113. The van der Waals surface area contributed by atoms with E-state index in [0.29, 0.717) is 19.4 Å². The van der Waals surface area contributed by atoms with Gasteiger partial charge in [-0.2, -0.15) is 17.4 Å². The van der Waals surface area contributed by atoms with Gasteiger partial charge in [0.1, 0.15) is 6.04 Å². The molecule has 1 unspecified atom stereocenters. The molecule has 1 atom stereocenters. The Kier molecular flexibility index (Phi) is 5.40. The van der Waals surface area contributed by atoms with Crippen LogP contribution in [0.15, 0.2) is 0 Å². The number of nitrogens with zero attached hydrogens (tertiary/aromatic N) is 1. The predicted molar refractivity (Wildman–Crippen MR) is 75.3 cm³/mol. The molecule has 1 aliphatic heterocycles. The molecule has 1 saturated carbocycles. The molecule has 0 spiro atoms. The van der Waals surface area contributed by atoms with E-state index in [9.17, 15) is 13.2 Å². The van der Waals surface area contributed by atoms with Crippen molar-refractivity contribution in [1.29, 1.82) is 0 Å². The highest BCUT2D eigenvalue weighted by molar-refractivity contribution is 7.87. The molecule has 1 N–H and O–H groups in total. The van der Waals surface area contributed by atoms with Crippen LogP contribution in [0.2, 0.25) is 0 Å². The lowest BCUT2D eigenvalue weighted by Gasteiger charge is -2.28. The van der Waals surface area contributed by atoms with Crippen LogP contribution in [0.25, 0.3) is 0 Å². The van der Waals surface area contributed by atoms with Crippen LogP contribution < -0.4 is 4.72 Å². The summed E-state index contributed by atoms with van der Waals surface area (Å²) in [6.45, 7) is 2.40. The van der Waals surface area contributed by atoms with E-state index in [0.717, 1.165) is 25.7 Å². The number of hydrogen-bond acceptors (Lipinski definition) is 4. The zero-order chi connectivity index (χ0) is 14.6. The highest BCUT2D eigenvalue weighted by atomic mass is 32.2. The van der Waals surface area contributed by atoms with Crippen LogP contribution in [0.3, 0.4) is 0 Å². The molecule has 0 amide bonds. The summed E-state index contributed by atoms with van der Waals surface area (Å²) in [7, 11) is -3.59. The Morgan fingerprint density at radius 3 is 2.55 bits per heavy atom. The van der Waals surface area contributed by atoms with Crippen molar-refractivity contribution in [2.75, 3.05) is 13.2 Å². The van der Waals surface area contributed by atoms with Gasteiger partial charge in [-0.1, -0.05) is 19.3 Å². The molecule has 1 aliphatic carbocycles. The summed E-state index contributed by atoms with van der Waals surface area (Å²) in [5.74, 6) is -0.431. The lowest BCUT2D eigenvalue weighted by molar-refractivity contribution is -0.146. The Hall–Kier alpha value is -0.660. The van der Waals surface area contributed by atoms with E-state index in [1.165, 1.54) is 10.7 Å². The third kappa shape index (κ3) is 3.71. The molecule has 7 heteroatoms. The van der Waals surface area contributed by atoms with Gasteiger partial charge in [-0.05, 0) is 32.6 Å². The first-order chi connectivity index (χ1) is 9.54. The highest BCUT2D eigenvalue weighted by Gasteiger charge is 2.40. The lowest BCUT2D eigenvalue weighted by atomic mass is 9.96. The predicted octanol–water partition coefficient (Wildman–Crippen LogP) is 1.18. The van der Waals surface area contributed by atoms with E-state index in [1.54, 1.807) is 6.92 Å². The van der Waals surface area contributed by atoms with Crippen molar-refractivity contribution >= 4 is 16.2 Å². The fourth-order valence-corrected chi connectivity index (χ4v) is 4.69. The Balaban J connectivity index is 2.01. The van der Waals surface area contributed by atoms with Gasteiger partial charge in [-0.25, -0.2) is 0 Å². The molecular formula is C13H24N2O4S. The van der Waals surface area contributed by atoms with E-state index in [1.807, 2.05) is 0 Å². The number of ether oxygens (including phenoxy) is 1. The molecule has 0 aromatic carbocycles. The summed E-state index contributed by atoms with van der Waals surface area (Å²) in [6, 6.07) is -0.645. The number of hydrogen-bond donors (Lipinski definition) is 1. The molecule has 0 radical (unpaired) electrons. The molecule has 116 valence electrons. The normalized spacial score (nSPS) is 25.8. The zero-order valence-corrected chi connectivity index (χ0v) is 12.8. The summed E-state index contributed by atoms with van der Waals surface area (Å²) in [6.07, 6.45) is 6.32. The van der Waals surface area contributed by atoms with Crippen molar-refractivity contribution in [3.05, 3.63) is 0 Å². The number of esters is 1. The molecular weight excluding hydrogens is 280 g/mol. The number of carbonyl (C=O) groups excluding carboxylic acids is 1. The molecule has 20 heavy (non-hydrogen) atoms. The van der Waals surface area contributed by atoms with E-state index < -0.39 is 22.2 Å². The van der Waals surface area contributed by atoms with Gasteiger partial charge in [0.15, 0.2) is 0 Å². The maximum absolute atomic E-state index is 12.4. The van der Waals surface area contributed by atoms with Crippen molar-refractivity contribution in [3.8, 4) is 0 Å².